The molecule has 254 valence electrons. The second kappa shape index (κ2) is 17.0. The van der Waals surface area contributed by atoms with Crippen molar-refractivity contribution in [1.82, 2.24) is 4.90 Å². The summed E-state index contributed by atoms with van der Waals surface area (Å²) < 4.78 is 16.9. The van der Waals surface area contributed by atoms with Crippen LogP contribution in [0.1, 0.15) is 81.2 Å². The fraction of sp³-hybridized carbons (Fsp3) is 0.282. The molecular weight excluding hydrogens is 624 g/mol. The third-order valence-corrected chi connectivity index (χ3v) is 8.08. The Kier molecular flexibility index (Phi) is 12.0. The van der Waals surface area contributed by atoms with E-state index in [1.54, 1.807) is 66.7 Å². The Morgan fingerprint density at radius 1 is 0.816 bits per heavy atom. The van der Waals surface area contributed by atoms with E-state index in [9.17, 15) is 24.3 Å². The first-order valence-electron chi connectivity index (χ1n) is 16.5. The maximum atomic E-state index is 13.4. The number of para-hydroxylation sites is 1. The number of aliphatic carboxylic acids is 1. The average Bonchev–Trinajstić information content (AvgIpc) is 3.60. The van der Waals surface area contributed by atoms with Crippen molar-refractivity contribution in [2.24, 2.45) is 0 Å². The Balaban J connectivity index is 1.14. The van der Waals surface area contributed by atoms with Gasteiger partial charge in [0.25, 0.3) is 11.8 Å². The summed E-state index contributed by atoms with van der Waals surface area (Å²) >= 11 is 0. The lowest BCUT2D eigenvalue weighted by atomic mass is 10.1. The molecule has 0 atom stereocenters. The molecule has 0 fully saturated rings. The van der Waals surface area contributed by atoms with Crippen LogP contribution in [0.25, 0.3) is 0 Å². The standard InChI is InChI=1S/C39H40N2O8/c1-2-3-4-5-6-23-47-32-20-14-30(15-21-32)39(46)49-33-18-10-27(11-19-33)25-41(26-35(42)43)38(45)29-12-16-31(17-13-29)40-37(44)34-9-7-8-28-22-24-48-36(28)34/h7-21H,2-6,22-26H2,1H3,(H,40,44)(H,42,43). The van der Waals surface area contributed by atoms with Crippen LogP contribution in [0.3, 0.4) is 0 Å². The predicted molar refractivity (Wildman–Crippen MR) is 185 cm³/mol. The van der Waals surface area contributed by atoms with Gasteiger partial charge >= 0.3 is 11.9 Å². The SMILES string of the molecule is CCCCCCCOc1ccc(C(=O)Oc2ccc(CN(CC(=O)O)C(=O)c3ccc(NC(=O)c4cccc5c4OCC5)cc3)cc2)cc1. The molecule has 0 spiro atoms. The third-order valence-electron chi connectivity index (χ3n) is 8.08. The van der Waals surface area contributed by atoms with Crippen LogP contribution < -0.4 is 19.5 Å². The Bertz CT molecular complexity index is 1750. The summed E-state index contributed by atoms with van der Waals surface area (Å²) in [5, 5.41) is 12.3. The van der Waals surface area contributed by atoms with Gasteiger partial charge in [-0.1, -0.05) is 56.9 Å². The van der Waals surface area contributed by atoms with Crippen molar-refractivity contribution in [2.75, 3.05) is 25.1 Å². The van der Waals surface area contributed by atoms with Gasteiger partial charge in [-0.2, -0.15) is 0 Å². The lowest BCUT2D eigenvalue weighted by Gasteiger charge is -2.21. The molecular formula is C39H40N2O8. The molecule has 4 aromatic rings. The Hall–Kier alpha value is -5.64. The van der Waals surface area contributed by atoms with Gasteiger partial charge < -0.3 is 29.5 Å². The van der Waals surface area contributed by atoms with Crippen LogP contribution in [-0.2, 0) is 17.8 Å². The summed E-state index contributed by atoms with van der Waals surface area (Å²) in [6.45, 7) is 2.84. The van der Waals surface area contributed by atoms with Crippen LogP contribution >= 0.6 is 0 Å². The van der Waals surface area contributed by atoms with E-state index in [1.165, 1.54) is 36.3 Å². The van der Waals surface area contributed by atoms with Gasteiger partial charge in [0.1, 0.15) is 23.8 Å². The van der Waals surface area contributed by atoms with Crippen molar-refractivity contribution in [3.8, 4) is 17.2 Å². The number of esters is 1. The van der Waals surface area contributed by atoms with Gasteiger partial charge in [-0.15, -0.1) is 0 Å². The first kappa shape index (κ1) is 34.7. The summed E-state index contributed by atoms with van der Waals surface area (Å²) in [5.41, 5.74) is 3.18. The molecule has 0 aliphatic carbocycles. The topological polar surface area (TPSA) is 131 Å². The van der Waals surface area contributed by atoms with Crippen molar-refractivity contribution in [3.05, 3.63) is 119 Å². The fourth-order valence-corrected chi connectivity index (χ4v) is 5.47. The van der Waals surface area contributed by atoms with Gasteiger partial charge in [0.2, 0.25) is 0 Å². The largest absolute Gasteiger partial charge is 0.494 e. The second-order valence-electron chi connectivity index (χ2n) is 11.8. The molecule has 10 heteroatoms. The number of nitrogens with zero attached hydrogens (tertiary/aromatic N) is 1. The summed E-state index contributed by atoms with van der Waals surface area (Å²) in [7, 11) is 0. The van der Waals surface area contributed by atoms with Crippen molar-refractivity contribution < 1.29 is 38.5 Å². The number of benzene rings is 4. The monoisotopic (exact) mass is 664 g/mol. The molecule has 1 aliphatic heterocycles. The van der Waals surface area contributed by atoms with Crippen molar-refractivity contribution in [2.45, 2.75) is 52.0 Å². The minimum absolute atomic E-state index is 0.0109. The van der Waals surface area contributed by atoms with Gasteiger partial charge in [-0.3, -0.25) is 14.4 Å². The van der Waals surface area contributed by atoms with E-state index in [-0.39, 0.29) is 18.0 Å². The second-order valence-corrected chi connectivity index (χ2v) is 11.8. The van der Waals surface area contributed by atoms with Gasteiger partial charge in [-0.05, 0) is 84.3 Å². The van der Waals surface area contributed by atoms with E-state index in [1.807, 2.05) is 12.1 Å². The van der Waals surface area contributed by atoms with E-state index < -0.39 is 24.4 Å². The molecule has 49 heavy (non-hydrogen) atoms. The maximum Gasteiger partial charge on any atom is 0.343 e. The summed E-state index contributed by atoms with van der Waals surface area (Å²) in [6.07, 6.45) is 6.51. The highest BCUT2D eigenvalue weighted by Gasteiger charge is 2.22. The third kappa shape index (κ3) is 9.70. The number of rotatable bonds is 16. The number of unbranched alkanes of at least 4 members (excludes halogenated alkanes) is 4. The summed E-state index contributed by atoms with van der Waals surface area (Å²) in [4.78, 5) is 51.8. The zero-order valence-corrected chi connectivity index (χ0v) is 27.5. The Morgan fingerprint density at radius 3 is 2.22 bits per heavy atom. The number of anilines is 1. The normalized spacial score (nSPS) is 11.6. The van der Waals surface area contributed by atoms with Gasteiger partial charge in [0.05, 0.1) is 24.3 Å². The van der Waals surface area contributed by atoms with Crippen LogP contribution in [0, 0.1) is 0 Å². The first-order valence-corrected chi connectivity index (χ1v) is 16.5. The van der Waals surface area contributed by atoms with E-state index in [2.05, 4.69) is 12.2 Å². The zero-order valence-electron chi connectivity index (χ0n) is 27.5. The molecule has 0 saturated carbocycles. The number of carbonyl (C=O) groups excluding carboxylic acids is 3. The number of fused-ring (bicyclic) bond motifs is 1. The maximum absolute atomic E-state index is 13.4. The minimum Gasteiger partial charge on any atom is -0.494 e. The zero-order chi connectivity index (χ0) is 34.6. The molecule has 5 rings (SSSR count). The number of hydrogen-bond donors (Lipinski definition) is 2. The first-order chi connectivity index (χ1) is 23.8. The number of carboxylic acid groups (broad SMARTS) is 1. The predicted octanol–water partition coefficient (Wildman–Crippen LogP) is 7.17. The highest BCUT2D eigenvalue weighted by atomic mass is 16.5. The number of nitrogens with one attached hydrogen (secondary N) is 1. The van der Waals surface area contributed by atoms with E-state index in [4.69, 9.17) is 14.2 Å². The summed E-state index contributed by atoms with van der Waals surface area (Å²) in [6, 6.07) is 25.0. The van der Waals surface area contributed by atoms with Crippen LogP contribution in [0.2, 0.25) is 0 Å². The van der Waals surface area contributed by atoms with Crippen LogP contribution in [0.4, 0.5) is 5.69 Å². The molecule has 4 aromatic carbocycles. The molecule has 0 bridgehead atoms. The molecule has 0 aromatic heterocycles. The summed E-state index contributed by atoms with van der Waals surface area (Å²) in [5.74, 6) is -0.921. The highest BCUT2D eigenvalue weighted by Crippen LogP contribution is 2.30. The highest BCUT2D eigenvalue weighted by molar-refractivity contribution is 6.07. The van der Waals surface area contributed by atoms with E-state index in [0.717, 1.165) is 24.8 Å². The van der Waals surface area contributed by atoms with Gasteiger partial charge in [0, 0.05) is 24.2 Å². The quantitative estimate of drug-likeness (QED) is 0.0733. The number of ether oxygens (including phenoxy) is 3. The number of carboxylic acids is 1. The minimum atomic E-state index is -1.16. The lowest BCUT2D eigenvalue weighted by Crippen LogP contribution is -2.35. The lowest BCUT2D eigenvalue weighted by molar-refractivity contribution is -0.137. The van der Waals surface area contributed by atoms with Crippen LogP contribution in [0.15, 0.2) is 91.0 Å². The number of hydrogen-bond acceptors (Lipinski definition) is 7. The average molecular weight is 665 g/mol. The molecule has 10 nitrogen and oxygen atoms in total. The molecule has 0 unspecified atom stereocenters. The van der Waals surface area contributed by atoms with Crippen molar-refractivity contribution in [3.63, 3.8) is 0 Å². The van der Waals surface area contributed by atoms with Crippen molar-refractivity contribution in [1.29, 1.82) is 0 Å². The molecule has 1 aliphatic rings. The molecule has 1 heterocycles. The van der Waals surface area contributed by atoms with Gasteiger partial charge in [-0.25, -0.2) is 4.79 Å². The molecule has 2 amide bonds. The molecule has 2 N–H and O–H groups in total. The van der Waals surface area contributed by atoms with Gasteiger partial charge in [0.15, 0.2) is 0 Å². The molecule has 0 radical (unpaired) electrons. The van der Waals surface area contributed by atoms with Crippen LogP contribution in [-0.4, -0.2) is 53.5 Å². The Labute approximate surface area is 285 Å². The van der Waals surface area contributed by atoms with E-state index in [0.29, 0.717) is 52.8 Å². The van der Waals surface area contributed by atoms with E-state index >= 15 is 0 Å². The van der Waals surface area contributed by atoms with Crippen molar-refractivity contribution >= 4 is 29.4 Å². The van der Waals surface area contributed by atoms with Crippen LogP contribution in [0.5, 0.6) is 17.2 Å². The fourth-order valence-electron chi connectivity index (χ4n) is 5.47. The Morgan fingerprint density at radius 2 is 1.51 bits per heavy atom. The smallest absolute Gasteiger partial charge is 0.343 e. The number of carbonyl (C=O) groups is 4. The molecule has 0 saturated heterocycles. The number of amides is 2.